The van der Waals surface area contributed by atoms with E-state index in [0.717, 1.165) is 4.88 Å². The first-order valence-corrected chi connectivity index (χ1v) is 4.90. The molecule has 0 amide bonds. The van der Waals surface area contributed by atoms with Crippen molar-refractivity contribution in [1.29, 1.82) is 0 Å². The normalized spacial score (nSPS) is 12.3. The molecule has 0 fully saturated rings. The minimum absolute atomic E-state index is 0.188. The third-order valence-electron chi connectivity index (χ3n) is 1.77. The molecule has 0 spiro atoms. The number of thiophene rings is 1. The van der Waals surface area contributed by atoms with E-state index < -0.39 is 24.3 Å². The van der Waals surface area contributed by atoms with Gasteiger partial charge in [0.2, 0.25) is 0 Å². The van der Waals surface area contributed by atoms with Gasteiger partial charge in [0.1, 0.15) is 0 Å². The zero-order valence-corrected chi connectivity index (χ0v) is 8.08. The maximum absolute atomic E-state index is 10.6. The van der Waals surface area contributed by atoms with E-state index in [1.807, 2.05) is 0 Å². The third kappa shape index (κ3) is 3.18. The van der Waals surface area contributed by atoms with Crippen LogP contribution < -0.4 is 10.2 Å². The molecule has 0 unspecified atom stereocenters. The van der Waals surface area contributed by atoms with Gasteiger partial charge in [-0.15, -0.1) is 11.3 Å². The van der Waals surface area contributed by atoms with Gasteiger partial charge in [-0.3, -0.25) is 0 Å². The fourth-order valence-electron chi connectivity index (χ4n) is 1.11. The second kappa shape index (κ2) is 4.76. The molecule has 0 aromatic carbocycles. The van der Waals surface area contributed by atoms with Crippen LogP contribution in [0, 0.1) is 5.92 Å². The second-order valence-electron chi connectivity index (χ2n) is 2.88. The Balaban J connectivity index is 2.60. The molecule has 1 aromatic heterocycles. The second-order valence-corrected chi connectivity index (χ2v) is 3.91. The lowest BCUT2D eigenvalue weighted by Gasteiger charge is -2.17. The first-order valence-electron chi connectivity index (χ1n) is 4.02. The van der Waals surface area contributed by atoms with Crippen molar-refractivity contribution in [3.8, 4) is 0 Å². The molecular formula is C9H8O4S-2. The van der Waals surface area contributed by atoms with Gasteiger partial charge in [0, 0.05) is 22.7 Å². The molecule has 0 radical (unpaired) electrons. The van der Waals surface area contributed by atoms with Crippen molar-refractivity contribution in [3.05, 3.63) is 22.4 Å². The smallest absolute Gasteiger partial charge is 0.0452 e. The van der Waals surface area contributed by atoms with E-state index in [0.29, 0.717) is 0 Å². The van der Waals surface area contributed by atoms with Gasteiger partial charge in [0.15, 0.2) is 0 Å². The van der Waals surface area contributed by atoms with Gasteiger partial charge in [-0.25, -0.2) is 0 Å². The third-order valence-corrected chi connectivity index (χ3v) is 2.67. The number of hydrogen-bond donors (Lipinski definition) is 0. The summed E-state index contributed by atoms with van der Waals surface area (Å²) in [5.41, 5.74) is 0. The molecule has 0 saturated heterocycles. The molecule has 0 N–H and O–H groups in total. The Bertz CT molecular complexity index is 318. The number of rotatable bonds is 5. The Morgan fingerprint density at radius 3 is 2.57 bits per heavy atom. The van der Waals surface area contributed by atoms with Gasteiger partial charge in [-0.1, -0.05) is 6.07 Å². The molecule has 1 heterocycles. The largest absolute Gasteiger partial charge is 0.550 e. The summed E-state index contributed by atoms with van der Waals surface area (Å²) in [5, 5.41) is 22.6. The molecule has 14 heavy (non-hydrogen) atoms. The number of aliphatic carboxylic acids is 2. The van der Waals surface area contributed by atoms with Crippen molar-refractivity contribution in [2.75, 3.05) is 0 Å². The Kier molecular flexibility index (Phi) is 3.64. The summed E-state index contributed by atoms with van der Waals surface area (Å²) in [4.78, 5) is 21.6. The summed E-state index contributed by atoms with van der Waals surface area (Å²) in [7, 11) is 0. The molecule has 0 aliphatic heterocycles. The van der Waals surface area contributed by atoms with Crippen molar-refractivity contribution in [2.45, 2.75) is 12.8 Å². The van der Waals surface area contributed by atoms with E-state index in [-0.39, 0.29) is 6.42 Å². The van der Waals surface area contributed by atoms with Crippen LogP contribution in [-0.2, 0) is 16.0 Å². The highest BCUT2D eigenvalue weighted by Gasteiger charge is 2.11. The molecule has 5 heteroatoms. The van der Waals surface area contributed by atoms with Crippen LogP contribution in [0.5, 0.6) is 0 Å². The number of hydrogen-bond acceptors (Lipinski definition) is 5. The molecule has 0 saturated carbocycles. The minimum Gasteiger partial charge on any atom is -0.550 e. The average Bonchev–Trinajstić information content (AvgIpc) is 2.54. The molecule has 1 atom stereocenters. The lowest BCUT2D eigenvalue weighted by Crippen LogP contribution is -2.37. The van der Waals surface area contributed by atoms with Crippen molar-refractivity contribution in [2.24, 2.45) is 5.92 Å². The molecular weight excluding hydrogens is 204 g/mol. The van der Waals surface area contributed by atoms with Gasteiger partial charge < -0.3 is 19.8 Å². The van der Waals surface area contributed by atoms with E-state index >= 15 is 0 Å². The summed E-state index contributed by atoms with van der Waals surface area (Å²) in [6.45, 7) is 0. The van der Waals surface area contributed by atoms with Crippen LogP contribution in [0.3, 0.4) is 0 Å². The topological polar surface area (TPSA) is 80.3 Å². The Morgan fingerprint density at radius 2 is 2.14 bits per heavy atom. The van der Waals surface area contributed by atoms with E-state index in [4.69, 9.17) is 0 Å². The fourth-order valence-corrected chi connectivity index (χ4v) is 1.90. The summed E-state index contributed by atoms with van der Waals surface area (Å²) >= 11 is 1.39. The molecule has 0 aliphatic rings. The predicted molar refractivity (Wildman–Crippen MR) is 46.1 cm³/mol. The van der Waals surface area contributed by atoms with Crippen LogP contribution in [0.2, 0.25) is 0 Å². The highest BCUT2D eigenvalue weighted by atomic mass is 32.1. The molecule has 76 valence electrons. The molecule has 4 nitrogen and oxygen atoms in total. The zero-order valence-electron chi connectivity index (χ0n) is 7.26. The van der Waals surface area contributed by atoms with Crippen molar-refractivity contribution in [3.63, 3.8) is 0 Å². The van der Waals surface area contributed by atoms with E-state index in [2.05, 4.69) is 0 Å². The highest BCUT2D eigenvalue weighted by molar-refractivity contribution is 7.09. The average molecular weight is 212 g/mol. The van der Waals surface area contributed by atoms with Crippen LogP contribution in [0.1, 0.15) is 11.3 Å². The Morgan fingerprint density at radius 1 is 1.43 bits per heavy atom. The van der Waals surface area contributed by atoms with Crippen molar-refractivity contribution in [1.82, 2.24) is 0 Å². The lowest BCUT2D eigenvalue weighted by molar-refractivity contribution is -0.320. The quantitative estimate of drug-likeness (QED) is 0.613. The van der Waals surface area contributed by atoms with E-state index in [1.54, 1.807) is 17.5 Å². The van der Waals surface area contributed by atoms with Crippen LogP contribution >= 0.6 is 11.3 Å². The fraction of sp³-hybridized carbons (Fsp3) is 0.333. The first-order chi connectivity index (χ1) is 6.59. The van der Waals surface area contributed by atoms with Crippen LogP contribution in [-0.4, -0.2) is 11.9 Å². The minimum atomic E-state index is -1.37. The predicted octanol–water partition coefficient (Wildman–Crippen LogP) is -1.20. The van der Waals surface area contributed by atoms with E-state index in [9.17, 15) is 19.8 Å². The number of carbonyl (C=O) groups excluding carboxylic acids is 2. The summed E-state index contributed by atoms with van der Waals surface area (Å²) in [6, 6.07) is 3.54. The van der Waals surface area contributed by atoms with Crippen LogP contribution in [0.4, 0.5) is 0 Å². The zero-order chi connectivity index (χ0) is 10.6. The summed E-state index contributed by atoms with van der Waals surface area (Å²) in [6.07, 6.45) is -0.311. The van der Waals surface area contributed by atoms with Gasteiger partial charge in [-0.2, -0.15) is 0 Å². The molecule has 0 aliphatic carbocycles. The molecule has 1 rings (SSSR count). The van der Waals surface area contributed by atoms with Crippen molar-refractivity contribution < 1.29 is 19.8 Å². The molecule has 0 bridgehead atoms. The summed E-state index contributed by atoms with van der Waals surface area (Å²) in [5.74, 6) is -3.71. The van der Waals surface area contributed by atoms with Crippen molar-refractivity contribution >= 4 is 23.3 Å². The lowest BCUT2D eigenvalue weighted by atomic mass is 10.0. The van der Waals surface area contributed by atoms with Crippen LogP contribution in [0.25, 0.3) is 0 Å². The monoisotopic (exact) mass is 212 g/mol. The first kappa shape index (κ1) is 10.7. The maximum atomic E-state index is 10.6. The molecule has 1 aromatic rings. The van der Waals surface area contributed by atoms with Gasteiger partial charge in [0.05, 0.1) is 0 Å². The number of carboxylic acids is 2. The highest BCUT2D eigenvalue weighted by Crippen LogP contribution is 2.16. The van der Waals surface area contributed by atoms with Gasteiger partial charge >= 0.3 is 0 Å². The maximum Gasteiger partial charge on any atom is 0.0452 e. The number of carbonyl (C=O) groups is 2. The standard InChI is InChI=1S/C9H10O4S/c10-8(11)5-6(9(12)13)4-7-2-1-3-14-7/h1-3,6H,4-5H2,(H,10,11)(H,12,13)/p-2/t6-/m1/s1. The summed E-state index contributed by atoms with van der Waals surface area (Å²) < 4.78 is 0. The van der Waals surface area contributed by atoms with Crippen LogP contribution in [0.15, 0.2) is 17.5 Å². The Labute approximate surface area is 84.8 Å². The van der Waals surface area contributed by atoms with E-state index in [1.165, 1.54) is 11.3 Å². The van der Waals surface area contributed by atoms with Gasteiger partial charge in [-0.05, 0) is 24.3 Å². The number of carboxylic acid groups (broad SMARTS) is 2. The van der Waals surface area contributed by atoms with Gasteiger partial charge in [0.25, 0.3) is 0 Å². The Hall–Kier alpha value is -1.36. The SMILES string of the molecule is O=C([O-])C[C@@H](Cc1cccs1)C(=O)[O-].